The highest BCUT2D eigenvalue weighted by Crippen LogP contribution is 2.25. The second-order valence-corrected chi connectivity index (χ2v) is 7.70. The fraction of sp³-hybridized carbons (Fsp3) is 0.263. The summed E-state index contributed by atoms with van der Waals surface area (Å²) in [6.45, 7) is 1.07. The van der Waals surface area contributed by atoms with E-state index >= 15 is 0 Å². The van der Waals surface area contributed by atoms with Crippen molar-refractivity contribution in [1.29, 1.82) is 0 Å². The van der Waals surface area contributed by atoms with Crippen LogP contribution in [0.4, 0.5) is 0 Å². The molecule has 2 aromatic rings. The maximum atomic E-state index is 12.6. The number of phenols is 1. The Kier molecular flexibility index (Phi) is 5.64. The largest absolute Gasteiger partial charge is 0.507 e. The number of nitrogens with zero attached hydrogens (tertiary/aromatic N) is 1. The molecule has 6 heteroatoms. The van der Waals surface area contributed by atoms with Crippen LogP contribution >= 0.6 is 34.2 Å². The summed E-state index contributed by atoms with van der Waals surface area (Å²) < 4.78 is 0.710. The van der Waals surface area contributed by atoms with Gasteiger partial charge in [0.1, 0.15) is 5.75 Å². The Labute approximate surface area is 164 Å². The summed E-state index contributed by atoms with van der Waals surface area (Å²) in [4.78, 5) is 26.9. The Morgan fingerprint density at radius 3 is 2.24 bits per heavy atom. The molecule has 1 N–H and O–H groups in total. The highest BCUT2D eigenvalue weighted by atomic mass is 127. The topological polar surface area (TPSA) is 57.6 Å². The van der Waals surface area contributed by atoms with Gasteiger partial charge < -0.3 is 10.0 Å². The highest BCUT2D eigenvalue weighted by Gasteiger charge is 2.28. The summed E-state index contributed by atoms with van der Waals surface area (Å²) in [5, 5.41) is 10.4. The molecule has 1 saturated heterocycles. The number of hydrogen-bond acceptors (Lipinski definition) is 3. The number of hydrogen-bond donors (Lipinski definition) is 1. The molecule has 0 atom stereocenters. The van der Waals surface area contributed by atoms with Crippen molar-refractivity contribution in [3.8, 4) is 5.75 Å². The lowest BCUT2D eigenvalue weighted by Gasteiger charge is -2.31. The number of benzene rings is 2. The Morgan fingerprint density at radius 2 is 1.64 bits per heavy atom. The average molecular weight is 470 g/mol. The van der Waals surface area contributed by atoms with Crippen molar-refractivity contribution in [2.24, 2.45) is 5.92 Å². The first-order valence-electron chi connectivity index (χ1n) is 8.03. The van der Waals surface area contributed by atoms with Gasteiger partial charge in [-0.15, -0.1) is 0 Å². The third-order valence-electron chi connectivity index (χ3n) is 4.47. The minimum absolute atomic E-state index is 0.0737. The van der Waals surface area contributed by atoms with E-state index in [1.54, 1.807) is 41.3 Å². The molecule has 0 aromatic heterocycles. The van der Waals surface area contributed by atoms with Crippen LogP contribution in [0.15, 0.2) is 42.5 Å². The summed E-state index contributed by atoms with van der Waals surface area (Å²) in [6, 6.07) is 11.9. The molecular weight excluding hydrogens is 453 g/mol. The second-order valence-electron chi connectivity index (χ2n) is 6.10. The van der Waals surface area contributed by atoms with Gasteiger partial charge in [-0.05, 0) is 77.9 Å². The molecule has 0 unspecified atom stereocenters. The van der Waals surface area contributed by atoms with Crippen LogP contribution in [-0.4, -0.2) is 34.8 Å². The van der Waals surface area contributed by atoms with Crippen molar-refractivity contribution in [2.45, 2.75) is 12.8 Å². The zero-order valence-corrected chi connectivity index (χ0v) is 16.3. The number of rotatable bonds is 3. The van der Waals surface area contributed by atoms with Crippen molar-refractivity contribution in [3.05, 3.63) is 62.2 Å². The number of amides is 1. The van der Waals surface area contributed by atoms with E-state index in [0.717, 1.165) is 0 Å². The molecule has 0 radical (unpaired) electrons. The van der Waals surface area contributed by atoms with Crippen molar-refractivity contribution in [1.82, 2.24) is 4.90 Å². The van der Waals surface area contributed by atoms with Gasteiger partial charge in [0.25, 0.3) is 5.91 Å². The second kappa shape index (κ2) is 7.74. The van der Waals surface area contributed by atoms with Crippen LogP contribution < -0.4 is 0 Å². The molecule has 25 heavy (non-hydrogen) atoms. The maximum absolute atomic E-state index is 12.6. The number of aromatic hydroxyl groups is 1. The molecule has 1 fully saturated rings. The fourth-order valence-corrected chi connectivity index (χ4v) is 3.48. The quantitative estimate of drug-likeness (QED) is 0.536. The van der Waals surface area contributed by atoms with Gasteiger partial charge in [0.05, 0.1) is 3.57 Å². The van der Waals surface area contributed by atoms with Crippen LogP contribution in [0.2, 0.25) is 5.02 Å². The average Bonchev–Trinajstić information content (AvgIpc) is 2.63. The monoisotopic (exact) mass is 469 g/mol. The number of likely N-dealkylation sites (tertiary alicyclic amines) is 1. The molecule has 2 aromatic carbocycles. The summed E-state index contributed by atoms with van der Waals surface area (Å²) in [6.07, 6.45) is 1.28. The molecular formula is C19H17ClINO3. The van der Waals surface area contributed by atoms with Crippen LogP contribution in [0.3, 0.4) is 0 Å². The van der Waals surface area contributed by atoms with Gasteiger partial charge in [-0.2, -0.15) is 0 Å². The van der Waals surface area contributed by atoms with E-state index in [4.69, 9.17) is 11.6 Å². The predicted octanol–water partition coefficient (Wildman–Crippen LogP) is 4.39. The molecule has 0 spiro atoms. The number of phenolic OH excluding ortho intramolecular Hbond substituents is 1. The number of carbonyl (C=O) groups excluding carboxylic acids is 2. The lowest BCUT2D eigenvalue weighted by molar-refractivity contribution is 0.0650. The first-order valence-corrected chi connectivity index (χ1v) is 9.49. The summed E-state index contributed by atoms with van der Waals surface area (Å²) in [5.74, 6) is 0.0365. The molecule has 0 saturated carbocycles. The van der Waals surface area contributed by atoms with E-state index in [1.807, 2.05) is 22.6 Å². The zero-order chi connectivity index (χ0) is 18.0. The Morgan fingerprint density at radius 1 is 1.04 bits per heavy atom. The number of ketones is 1. The van der Waals surface area contributed by atoms with E-state index in [2.05, 4.69) is 0 Å². The van der Waals surface area contributed by atoms with E-state index < -0.39 is 0 Å². The molecule has 1 amide bonds. The van der Waals surface area contributed by atoms with Crippen molar-refractivity contribution in [2.75, 3.05) is 13.1 Å². The van der Waals surface area contributed by atoms with Gasteiger partial charge >= 0.3 is 0 Å². The smallest absolute Gasteiger partial charge is 0.253 e. The predicted molar refractivity (Wildman–Crippen MR) is 105 cm³/mol. The molecule has 1 heterocycles. The molecule has 0 aliphatic carbocycles. The Bertz CT molecular complexity index is 799. The van der Waals surface area contributed by atoms with E-state index in [9.17, 15) is 14.7 Å². The van der Waals surface area contributed by atoms with Gasteiger partial charge in [0.2, 0.25) is 0 Å². The molecule has 3 rings (SSSR count). The SMILES string of the molecule is O=C(c1ccc(Cl)cc1)C1CCN(C(=O)c2ccc(I)c(O)c2)CC1. The van der Waals surface area contributed by atoms with E-state index in [0.29, 0.717) is 45.7 Å². The fourth-order valence-electron chi connectivity index (χ4n) is 3.02. The lowest BCUT2D eigenvalue weighted by Crippen LogP contribution is -2.40. The van der Waals surface area contributed by atoms with Crippen LogP contribution in [0.5, 0.6) is 5.75 Å². The van der Waals surface area contributed by atoms with Crippen LogP contribution in [-0.2, 0) is 0 Å². The number of piperidine rings is 1. The normalized spacial score (nSPS) is 15.2. The highest BCUT2D eigenvalue weighted by molar-refractivity contribution is 14.1. The zero-order valence-electron chi connectivity index (χ0n) is 13.4. The van der Waals surface area contributed by atoms with Crippen molar-refractivity contribution in [3.63, 3.8) is 0 Å². The minimum Gasteiger partial charge on any atom is -0.507 e. The third kappa shape index (κ3) is 4.15. The Balaban J connectivity index is 1.63. The van der Waals surface area contributed by atoms with Crippen LogP contribution in [0, 0.1) is 9.49 Å². The summed E-state index contributed by atoms with van der Waals surface area (Å²) >= 11 is 7.88. The van der Waals surface area contributed by atoms with Gasteiger partial charge in [-0.3, -0.25) is 9.59 Å². The van der Waals surface area contributed by atoms with E-state index in [1.165, 1.54) is 6.07 Å². The van der Waals surface area contributed by atoms with Crippen LogP contribution in [0.1, 0.15) is 33.6 Å². The number of carbonyl (C=O) groups is 2. The summed E-state index contributed by atoms with van der Waals surface area (Å²) in [5.41, 5.74) is 1.14. The number of Topliss-reactive ketones (excluding diaryl/α,β-unsaturated/α-hetero) is 1. The number of halogens is 2. The van der Waals surface area contributed by atoms with E-state index in [-0.39, 0.29) is 23.4 Å². The minimum atomic E-state index is -0.107. The molecule has 0 bridgehead atoms. The molecule has 1 aliphatic heterocycles. The van der Waals surface area contributed by atoms with Gasteiger partial charge in [-0.1, -0.05) is 11.6 Å². The standard InChI is InChI=1S/C19H17ClINO3/c20-15-4-1-12(2-5-15)18(24)13-7-9-22(10-8-13)19(25)14-3-6-16(21)17(23)11-14/h1-6,11,13,23H,7-10H2. The van der Waals surface area contributed by atoms with Gasteiger partial charge in [0.15, 0.2) is 5.78 Å². The van der Waals surface area contributed by atoms with Crippen LogP contribution in [0.25, 0.3) is 0 Å². The molecule has 1 aliphatic rings. The molecule has 4 nitrogen and oxygen atoms in total. The molecule has 130 valence electrons. The first kappa shape index (κ1) is 18.2. The Hall–Kier alpha value is -1.60. The van der Waals surface area contributed by atoms with Gasteiger partial charge in [-0.25, -0.2) is 0 Å². The van der Waals surface area contributed by atoms with Crippen molar-refractivity contribution >= 4 is 45.9 Å². The lowest BCUT2D eigenvalue weighted by atomic mass is 9.88. The third-order valence-corrected chi connectivity index (χ3v) is 5.64. The van der Waals surface area contributed by atoms with Crippen molar-refractivity contribution < 1.29 is 14.7 Å². The van der Waals surface area contributed by atoms with Gasteiger partial charge in [0, 0.05) is 35.2 Å². The maximum Gasteiger partial charge on any atom is 0.253 e. The summed E-state index contributed by atoms with van der Waals surface area (Å²) in [7, 11) is 0. The first-order chi connectivity index (χ1) is 12.0.